The molecule has 1 heterocycles. The van der Waals surface area contributed by atoms with Gasteiger partial charge in [0, 0.05) is 13.1 Å². The van der Waals surface area contributed by atoms with Crippen molar-refractivity contribution < 1.29 is 22.7 Å². The van der Waals surface area contributed by atoms with Crippen molar-refractivity contribution in [3.8, 4) is 0 Å². The minimum absolute atomic E-state index is 0.0402. The first-order chi connectivity index (χ1) is 11.6. The van der Waals surface area contributed by atoms with Crippen LogP contribution in [0.5, 0.6) is 0 Å². The molecule has 0 bridgehead atoms. The van der Waals surface area contributed by atoms with Crippen molar-refractivity contribution in [1.29, 1.82) is 0 Å². The van der Waals surface area contributed by atoms with Crippen LogP contribution < -0.4 is 5.14 Å². The number of amides is 1. The van der Waals surface area contributed by atoms with Gasteiger partial charge in [-0.25, -0.2) is 18.4 Å². The number of ether oxygens (including phenoxy) is 1. The number of hydrogen-bond acceptors (Lipinski definition) is 5. The first-order valence-electron chi connectivity index (χ1n) is 7.85. The fourth-order valence-corrected chi connectivity index (χ4v) is 4.09. The molecule has 1 aliphatic heterocycles. The Morgan fingerprint density at radius 3 is 2.44 bits per heavy atom. The predicted molar refractivity (Wildman–Crippen MR) is 92.6 cm³/mol. The molecule has 0 aliphatic carbocycles. The number of carbonyl (C=O) groups is 2. The highest BCUT2D eigenvalue weighted by Gasteiger charge is 2.26. The summed E-state index contributed by atoms with van der Waals surface area (Å²) >= 11 is 5.77. The van der Waals surface area contributed by atoms with E-state index in [4.69, 9.17) is 21.5 Å². The summed E-state index contributed by atoms with van der Waals surface area (Å²) in [5.41, 5.74) is -0.0402. The Hall–Kier alpha value is -1.64. The third-order valence-corrected chi connectivity index (χ3v) is 5.41. The molecule has 1 aromatic carbocycles. The summed E-state index contributed by atoms with van der Waals surface area (Å²) in [6.07, 6.45) is 1.06. The Bertz CT molecular complexity index is 771. The zero-order valence-corrected chi connectivity index (χ0v) is 15.6. The summed E-state index contributed by atoms with van der Waals surface area (Å²) in [4.78, 5) is 25.6. The van der Waals surface area contributed by atoms with Crippen LogP contribution in [0.1, 0.15) is 30.6 Å². The molecule has 0 saturated carbocycles. The highest BCUT2D eigenvalue weighted by Crippen LogP contribution is 2.23. The largest absolute Gasteiger partial charge is 0.452 e. The Balaban J connectivity index is 2.02. The van der Waals surface area contributed by atoms with Crippen LogP contribution >= 0.6 is 11.6 Å². The second-order valence-corrected chi connectivity index (χ2v) is 8.45. The van der Waals surface area contributed by atoms with E-state index in [2.05, 4.69) is 13.8 Å². The number of carbonyl (C=O) groups excluding carboxylic acids is 2. The summed E-state index contributed by atoms with van der Waals surface area (Å²) in [6, 6.07) is 3.60. The van der Waals surface area contributed by atoms with Crippen molar-refractivity contribution >= 4 is 33.5 Å². The smallest absolute Gasteiger partial charge is 0.338 e. The van der Waals surface area contributed by atoms with E-state index in [0.717, 1.165) is 12.5 Å². The summed E-state index contributed by atoms with van der Waals surface area (Å²) in [7, 11) is -4.07. The molecule has 2 atom stereocenters. The lowest BCUT2D eigenvalue weighted by Gasteiger charge is -2.34. The predicted octanol–water partition coefficient (Wildman–Crippen LogP) is 1.65. The van der Waals surface area contributed by atoms with E-state index in [9.17, 15) is 18.0 Å². The highest BCUT2D eigenvalue weighted by atomic mass is 35.5. The SMILES string of the molecule is C[C@@H]1C[C@@H](C)CN(C(=O)COC(=O)c2ccc(Cl)c(S(N)(=O)=O)c2)C1. The topological polar surface area (TPSA) is 107 Å². The molecule has 2 rings (SSSR count). The summed E-state index contributed by atoms with van der Waals surface area (Å²) in [5.74, 6) is -0.283. The number of halogens is 1. The van der Waals surface area contributed by atoms with E-state index in [1.165, 1.54) is 12.1 Å². The van der Waals surface area contributed by atoms with Crippen LogP contribution in [-0.2, 0) is 19.6 Å². The van der Waals surface area contributed by atoms with Crippen molar-refractivity contribution in [1.82, 2.24) is 4.90 Å². The second kappa shape index (κ2) is 7.72. The molecular formula is C16H21ClN2O5S. The van der Waals surface area contributed by atoms with E-state index in [0.29, 0.717) is 24.9 Å². The number of esters is 1. The van der Waals surface area contributed by atoms with Gasteiger partial charge in [-0.05, 0) is 36.5 Å². The van der Waals surface area contributed by atoms with Gasteiger partial charge >= 0.3 is 5.97 Å². The van der Waals surface area contributed by atoms with Crippen molar-refractivity contribution in [2.45, 2.75) is 25.2 Å². The van der Waals surface area contributed by atoms with Crippen LogP contribution in [0.25, 0.3) is 0 Å². The van der Waals surface area contributed by atoms with Gasteiger partial charge < -0.3 is 9.64 Å². The maximum absolute atomic E-state index is 12.2. The third kappa shape index (κ3) is 5.17. The zero-order valence-electron chi connectivity index (χ0n) is 14.1. The summed E-state index contributed by atoms with van der Waals surface area (Å²) in [5, 5.41) is 4.96. The van der Waals surface area contributed by atoms with Gasteiger partial charge in [0.2, 0.25) is 10.0 Å². The number of nitrogens with two attached hydrogens (primary N) is 1. The Kier molecular flexibility index (Phi) is 6.08. The number of sulfonamides is 1. The molecule has 1 saturated heterocycles. The number of likely N-dealkylation sites (tertiary alicyclic amines) is 1. The standard InChI is InChI=1S/C16H21ClN2O5S/c1-10-5-11(2)8-19(7-10)15(20)9-24-16(21)12-3-4-13(17)14(6-12)25(18,22)23/h3-4,6,10-11H,5,7-9H2,1-2H3,(H2,18,22,23)/t10-,11-/m1/s1. The Labute approximate surface area is 152 Å². The van der Waals surface area contributed by atoms with Gasteiger partial charge in [-0.1, -0.05) is 25.4 Å². The van der Waals surface area contributed by atoms with E-state index in [-0.39, 0.29) is 21.4 Å². The maximum Gasteiger partial charge on any atom is 0.338 e. The lowest BCUT2D eigenvalue weighted by atomic mass is 9.92. The van der Waals surface area contributed by atoms with E-state index < -0.39 is 22.6 Å². The number of primary sulfonamides is 1. The zero-order chi connectivity index (χ0) is 18.8. The average molecular weight is 389 g/mol. The van der Waals surface area contributed by atoms with Gasteiger partial charge in [0.15, 0.2) is 6.61 Å². The van der Waals surface area contributed by atoms with Crippen LogP contribution in [-0.4, -0.2) is 44.9 Å². The van der Waals surface area contributed by atoms with Crippen molar-refractivity contribution in [2.75, 3.05) is 19.7 Å². The number of hydrogen-bond donors (Lipinski definition) is 1. The van der Waals surface area contributed by atoms with Gasteiger partial charge in [0.05, 0.1) is 10.6 Å². The van der Waals surface area contributed by atoms with Gasteiger partial charge in [-0.15, -0.1) is 0 Å². The second-order valence-electron chi connectivity index (χ2n) is 6.51. The molecule has 0 radical (unpaired) electrons. The number of rotatable bonds is 4. The van der Waals surface area contributed by atoms with E-state index >= 15 is 0 Å². The molecule has 1 amide bonds. The quantitative estimate of drug-likeness (QED) is 0.789. The molecule has 9 heteroatoms. The Morgan fingerprint density at radius 1 is 1.28 bits per heavy atom. The minimum Gasteiger partial charge on any atom is -0.452 e. The first-order valence-corrected chi connectivity index (χ1v) is 9.77. The van der Waals surface area contributed by atoms with Crippen molar-refractivity contribution in [3.63, 3.8) is 0 Å². The van der Waals surface area contributed by atoms with Crippen molar-refractivity contribution in [3.05, 3.63) is 28.8 Å². The van der Waals surface area contributed by atoms with Crippen LogP contribution in [0, 0.1) is 11.8 Å². The fourth-order valence-electron chi connectivity index (χ4n) is 3.02. The molecular weight excluding hydrogens is 368 g/mol. The molecule has 25 heavy (non-hydrogen) atoms. The normalized spacial score (nSPS) is 21.0. The summed E-state index contributed by atoms with van der Waals surface area (Å²) < 4.78 is 27.9. The average Bonchev–Trinajstić information content (AvgIpc) is 2.50. The van der Waals surface area contributed by atoms with Crippen molar-refractivity contribution in [2.24, 2.45) is 17.0 Å². The van der Waals surface area contributed by atoms with Gasteiger partial charge in [0.1, 0.15) is 4.90 Å². The van der Waals surface area contributed by atoms with Crippen LogP contribution in [0.3, 0.4) is 0 Å². The number of benzene rings is 1. The number of piperidine rings is 1. The molecule has 1 fully saturated rings. The third-order valence-electron chi connectivity index (χ3n) is 4.02. The van der Waals surface area contributed by atoms with Gasteiger partial charge in [0.25, 0.3) is 5.91 Å². The molecule has 0 aromatic heterocycles. The lowest BCUT2D eigenvalue weighted by molar-refractivity contribution is -0.137. The Morgan fingerprint density at radius 2 is 1.88 bits per heavy atom. The maximum atomic E-state index is 12.2. The highest BCUT2D eigenvalue weighted by molar-refractivity contribution is 7.89. The molecule has 7 nitrogen and oxygen atoms in total. The van der Waals surface area contributed by atoms with Gasteiger partial charge in [-0.3, -0.25) is 4.79 Å². The molecule has 0 unspecified atom stereocenters. The molecule has 1 aliphatic rings. The van der Waals surface area contributed by atoms with Crippen LogP contribution in [0.15, 0.2) is 23.1 Å². The number of nitrogens with zero attached hydrogens (tertiary/aromatic N) is 1. The summed E-state index contributed by atoms with van der Waals surface area (Å²) in [6.45, 7) is 5.02. The van der Waals surface area contributed by atoms with Gasteiger partial charge in [-0.2, -0.15) is 0 Å². The molecule has 1 aromatic rings. The molecule has 138 valence electrons. The minimum atomic E-state index is -4.07. The van der Waals surface area contributed by atoms with E-state index in [1.54, 1.807) is 4.90 Å². The lowest BCUT2D eigenvalue weighted by Crippen LogP contribution is -2.44. The molecule has 2 N–H and O–H groups in total. The van der Waals surface area contributed by atoms with E-state index in [1.807, 2.05) is 0 Å². The van der Waals surface area contributed by atoms with Crippen LogP contribution in [0.4, 0.5) is 0 Å². The first kappa shape index (κ1) is 19.7. The molecule has 0 spiro atoms. The van der Waals surface area contributed by atoms with Crippen LogP contribution in [0.2, 0.25) is 5.02 Å². The monoisotopic (exact) mass is 388 g/mol. The fraction of sp³-hybridized carbons (Fsp3) is 0.500.